The Labute approximate surface area is 105 Å². The number of hydrogen-bond donors (Lipinski definition) is 4. The molecule has 17 heavy (non-hydrogen) atoms. The zero-order chi connectivity index (χ0) is 13.1. The van der Waals surface area contributed by atoms with Crippen LogP contribution in [0, 0.1) is 0 Å². The molecule has 0 aliphatic carbocycles. The maximum absolute atomic E-state index is 9.55. The second-order valence-electron chi connectivity index (χ2n) is 2.02. The van der Waals surface area contributed by atoms with E-state index in [2.05, 4.69) is 0 Å². The van der Waals surface area contributed by atoms with E-state index in [4.69, 9.17) is 20.4 Å². The molecule has 0 saturated carbocycles. The van der Waals surface area contributed by atoms with Crippen LogP contribution in [0.15, 0.2) is 24.3 Å². The van der Waals surface area contributed by atoms with Gasteiger partial charge >= 0.3 is 40.7 Å². The van der Waals surface area contributed by atoms with E-state index < -0.39 is 23.9 Å². The van der Waals surface area contributed by atoms with Gasteiger partial charge in [-0.05, 0) is 0 Å². The third-order valence-electron chi connectivity index (χ3n) is 0.737. The van der Waals surface area contributed by atoms with Gasteiger partial charge in [-0.25, -0.2) is 19.2 Å². The van der Waals surface area contributed by atoms with Gasteiger partial charge in [-0.2, -0.15) is 0 Å². The average Bonchev–Trinajstić information content (AvgIpc) is 2.12. The van der Waals surface area contributed by atoms with Crippen LogP contribution in [-0.2, 0) is 36.0 Å². The van der Waals surface area contributed by atoms with Crippen LogP contribution in [-0.4, -0.2) is 44.3 Å². The Bertz CT molecular complexity index is 277. The summed E-state index contributed by atoms with van der Waals surface area (Å²) in [7, 11) is 0. The molecule has 0 amide bonds. The molecule has 8 nitrogen and oxygen atoms in total. The molecule has 0 aliphatic heterocycles. The molecule has 0 aliphatic rings. The number of aliphatic carboxylic acids is 4. The molecule has 0 atom stereocenters. The van der Waals surface area contributed by atoms with Gasteiger partial charge in [-0.15, -0.1) is 0 Å². The number of carboxylic acid groups (broad SMARTS) is 4. The van der Waals surface area contributed by atoms with Gasteiger partial charge in [0.05, 0.1) is 0 Å². The van der Waals surface area contributed by atoms with Crippen LogP contribution in [0.1, 0.15) is 0 Å². The first-order valence-electron chi connectivity index (χ1n) is 3.53. The molecule has 0 heterocycles. The normalized spacial score (nSPS) is 8.94. The predicted molar refractivity (Wildman–Crippen MR) is 48.8 cm³/mol. The summed E-state index contributed by atoms with van der Waals surface area (Å²) in [5, 5.41) is 31.2. The number of carboxylic acids is 4. The third kappa shape index (κ3) is 31.6. The third-order valence-corrected chi connectivity index (χ3v) is 0.737. The molecule has 0 unspecified atom stereocenters. The maximum atomic E-state index is 9.55. The Morgan fingerprint density at radius 1 is 0.529 bits per heavy atom. The fourth-order valence-corrected chi connectivity index (χ4v) is 0.285. The quantitative estimate of drug-likeness (QED) is 0.502. The van der Waals surface area contributed by atoms with Crippen LogP contribution in [0.4, 0.5) is 0 Å². The summed E-state index contributed by atoms with van der Waals surface area (Å²) in [4.78, 5) is 38.2. The molecular formula is C8H8CoO8+2. The summed E-state index contributed by atoms with van der Waals surface area (Å²) in [6.07, 6.45) is 2.23. The van der Waals surface area contributed by atoms with Crippen molar-refractivity contribution in [3.63, 3.8) is 0 Å². The average molecular weight is 291 g/mol. The Balaban J connectivity index is -0.000000218. The number of hydrogen-bond acceptors (Lipinski definition) is 4. The van der Waals surface area contributed by atoms with Crippen molar-refractivity contribution in [2.75, 3.05) is 0 Å². The van der Waals surface area contributed by atoms with E-state index in [9.17, 15) is 19.2 Å². The Kier molecular flexibility index (Phi) is 14.3. The van der Waals surface area contributed by atoms with E-state index in [1.807, 2.05) is 0 Å². The summed E-state index contributed by atoms with van der Waals surface area (Å²) in [5.74, 6) is -5.03. The zero-order valence-corrected chi connectivity index (χ0v) is 9.11. The molecule has 9 heteroatoms. The maximum Gasteiger partial charge on any atom is 2.00 e. The van der Waals surface area contributed by atoms with Gasteiger partial charge < -0.3 is 20.4 Å². The minimum absolute atomic E-state index is 0. The Morgan fingerprint density at radius 3 is 0.706 bits per heavy atom. The molecule has 4 N–H and O–H groups in total. The molecule has 1 radical (unpaired) electrons. The van der Waals surface area contributed by atoms with Gasteiger partial charge in [0.15, 0.2) is 0 Å². The van der Waals surface area contributed by atoms with Gasteiger partial charge in [0, 0.05) is 24.3 Å². The van der Waals surface area contributed by atoms with Gasteiger partial charge in [0.1, 0.15) is 0 Å². The smallest absolute Gasteiger partial charge is 0.478 e. The van der Waals surface area contributed by atoms with Crippen molar-refractivity contribution in [3.8, 4) is 0 Å². The van der Waals surface area contributed by atoms with Crippen LogP contribution in [0.2, 0.25) is 0 Å². The topological polar surface area (TPSA) is 149 Å². The standard InChI is InChI=1S/2C4H4O4.Co/c2*5-3(6)1-2-4(7)8;/h2*1-2H,(H,5,6)(H,7,8);/q;;+2/b2*2-1+;. The van der Waals surface area contributed by atoms with Gasteiger partial charge in [-0.1, -0.05) is 0 Å². The second-order valence-corrected chi connectivity index (χ2v) is 2.02. The molecule has 0 bridgehead atoms. The van der Waals surface area contributed by atoms with Crippen molar-refractivity contribution in [2.24, 2.45) is 0 Å². The molecule has 0 spiro atoms. The van der Waals surface area contributed by atoms with Crippen LogP contribution < -0.4 is 0 Å². The summed E-state index contributed by atoms with van der Waals surface area (Å²) in [5.41, 5.74) is 0. The molecule has 95 valence electrons. The number of carbonyl (C=O) groups is 4. The van der Waals surface area contributed by atoms with E-state index in [1.54, 1.807) is 0 Å². The van der Waals surface area contributed by atoms with Gasteiger partial charge in [0.25, 0.3) is 0 Å². The van der Waals surface area contributed by atoms with Crippen molar-refractivity contribution in [3.05, 3.63) is 24.3 Å². The zero-order valence-electron chi connectivity index (χ0n) is 8.06. The molecule has 0 saturated heterocycles. The molecule has 0 aromatic carbocycles. The summed E-state index contributed by atoms with van der Waals surface area (Å²) < 4.78 is 0. The van der Waals surface area contributed by atoms with E-state index in [0.717, 1.165) is 0 Å². The largest absolute Gasteiger partial charge is 2.00 e. The summed E-state index contributed by atoms with van der Waals surface area (Å²) >= 11 is 0. The van der Waals surface area contributed by atoms with Crippen LogP contribution in [0.3, 0.4) is 0 Å². The number of rotatable bonds is 4. The summed E-state index contributed by atoms with van der Waals surface area (Å²) in [6.45, 7) is 0. The Hall–Kier alpha value is -2.13. The van der Waals surface area contributed by atoms with Crippen molar-refractivity contribution in [2.45, 2.75) is 0 Å². The van der Waals surface area contributed by atoms with Crippen molar-refractivity contribution < 1.29 is 56.4 Å². The minimum atomic E-state index is -1.26. The molecule has 0 fully saturated rings. The molecular weight excluding hydrogens is 283 g/mol. The van der Waals surface area contributed by atoms with Gasteiger partial charge in [0.2, 0.25) is 0 Å². The van der Waals surface area contributed by atoms with Crippen LogP contribution in [0.5, 0.6) is 0 Å². The van der Waals surface area contributed by atoms with E-state index >= 15 is 0 Å². The first-order chi connectivity index (χ1) is 7.25. The first kappa shape index (κ1) is 20.3. The van der Waals surface area contributed by atoms with Crippen LogP contribution >= 0.6 is 0 Å². The first-order valence-corrected chi connectivity index (χ1v) is 3.53. The fourth-order valence-electron chi connectivity index (χ4n) is 0.285. The monoisotopic (exact) mass is 291 g/mol. The molecule has 0 rings (SSSR count). The van der Waals surface area contributed by atoms with Crippen LogP contribution in [0.25, 0.3) is 0 Å². The predicted octanol–water partition coefficient (Wildman–Crippen LogP) is -0.579. The van der Waals surface area contributed by atoms with Gasteiger partial charge in [-0.3, -0.25) is 0 Å². The SMILES string of the molecule is O=C(O)/C=C/C(=O)O.O=C(O)/C=C/C(=O)O.[Co+2]. The van der Waals surface area contributed by atoms with Crippen molar-refractivity contribution in [1.82, 2.24) is 0 Å². The second kappa shape index (κ2) is 11.9. The molecule has 0 aromatic rings. The van der Waals surface area contributed by atoms with E-state index in [-0.39, 0.29) is 16.8 Å². The fraction of sp³-hybridized carbons (Fsp3) is 0. The van der Waals surface area contributed by atoms with Crippen molar-refractivity contribution >= 4 is 23.9 Å². The van der Waals surface area contributed by atoms with E-state index in [0.29, 0.717) is 24.3 Å². The van der Waals surface area contributed by atoms with Crippen molar-refractivity contribution in [1.29, 1.82) is 0 Å². The van der Waals surface area contributed by atoms with E-state index in [1.165, 1.54) is 0 Å². The minimum Gasteiger partial charge on any atom is -0.478 e. The Morgan fingerprint density at radius 2 is 0.647 bits per heavy atom. The molecule has 0 aromatic heterocycles. The summed E-state index contributed by atoms with van der Waals surface area (Å²) in [6, 6.07) is 0.